The minimum absolute atomic E-state index is 0. The molecule has 1 heterocycles. The molecule has 4 N–H and O–H groups in total. The maximum atomic E-state index is 12.7. The van der Waals surface area contributed by atoms with Gasteiger partial charge in [-0.05, 0) is 34.7 Å². The number of aromatic amines is 1. The Kier molecular flexibility index (Phi) is 7.47. The first-order valence-electron chi connectivity index (χ1n) is 8.51. The highest BCUT2D eigenvalue weighted by Gasteiger charge is 2.26. The Hall–Kier alpha value is -1.37. The lowest BCUT2D eigenvalue weighted by Crippen LogP contribution is -2.46. The topological polar surface area (TPSA) is 83.8 Å². The molecule has 5 nitrogen and oxygen atoms in total. The fourth-order valence-corrected chi connectivity index (χ4v) is 4.00. The quantitative estimate of drug-likeness (QED) is 0.676. The van der Waals surface area contributed by atoms with Gasteiger partial charge in [0.2, 0.25) is 0 Å². The first-order chi connectivity index (χ1) is 11.7. The highest BCUT2D eigenvalue weighted by atomic mass is 79.9. The molecule has 1 aromatic carbocycles. The van der Waals surface area contributed by atoms with Gasteiger partial charge in [-0.3, -0.25) is 9.89 Å². The second kappa shape index (κ2) is 9.36. The van der Waals surface area contributed by atoms with Crippen LogP contribution in [-0.2, 0) is 0 Å². The molecule has 0 aliphatic heterocycles. The zero-order chi connectivity index (χ0) is 16.9. The molecule has 1 aliphatic rings. The standard InChI is InChI=1S/C18H23BrN4O.ClH/c19-15-16(13-9-5-2-6-10-13)22-23-17(15)18(24)21-14(11-20)12-7-3-1-4-8-12;/h2,5-6,9-10,12,14H,1,3-4,7-8,11,20H2,(H,21,24)(H,22,23);1H. The lowest BCUT2D eigenvalue weighted by molar-refractivity contribution is 0.0909. The number of aromatic nitrogens is 2. The molecule has 1 saturated carbocycles. The predicted octanol–water partition coefficient (Wildman–Crippen LogP) is 3.90. The van der Waals surface area contributed by atoms with E-state index >= 15 is 0 Å². The third kappa shape index (κ3) is 4.63. The number of H-pyrrole nitrogens is 1. The second-order valence-electron chi connectivity index (χ2n) is 6.34. The summed E-state index contributed by atoms with van der Waals surface area (Å²) in [4.78, 5) is 12.7. The van der Waals surface area contributed by atoms with E-state index < -0.39 is 0 Å². The van der Waals surface area contributed by atoms with E-state index in [1.807, 2.05) is 30.3 Å². The van der Waals surface area contributed by atoms with E-state index in [4.69, 9.17) is 5.73 Å². The van der Waals surface area contributed by atoms with Crippen LogP contribution in [0, 0.1) is 5.92 Å². The van der Waals surface area contributed by atoms with Crippen LogP contribution in [0.15, 0.2) is 34.8 Å². The molecule has 1 unspecified atom stereocenters. The lowest BCUT2D eigenvalue weighted by Gasteiger charge is -2.29. The number of nitrogens with one attached hydrogen (secondary N) is 2. The molecule has 1 amide bonds. The lowest BCUT2D eigenvalue weighted by atomic mass is 9.84. The summed E-state index contributed by atoms with van der Waals surface area (Å²) in [6, 6.07) is 9.80. The maximum Gasteiger partial charge on any atom is 0.270 e. The third-order valence-corrected chi connectivity index (χ3v) is 5.54. The molecule has 0 radical (unpaired) electrons. The zero-order valence-electron chi connectivity index (χ0n) is 14.0. The molecular weight excluding hydrogens is 404 g/mol. The highest BCUT2D eigenvalue weighted by Crippen LogP contribution is 2.29. The average Bonchev–Trinajstić information content (AvgIpc) is 3.02. The molecule has 25 heavy (non-hydrogen) atoms. The molecule has 0 saturated heterocycles. The van der Waals surface area contributed by atoms with Gasteiger partial charge >= 0.3 is 0 Å². The summed E-state index contributed by atoms with van der Waals surface area (Å²) < 4.78 is 0.686. The van der Waals surface area contributed by atoms with E-state index in [9.17, 15) is 4.79 Å². The summed E-state index contributed by atoms with van der Waals surface area (Å²) in [5.41, 5.74) is 8.06. The minimum Gasteiger partial charge on any atom is -0.346 e. The van der Waals surface area contributed by atoms with Crippen LogP contribution < -0.4 is 11.1 Å². The number of benzene rings is 1. The first kappa shape index (κ1) is 19.9. The van der Waals surface area contributed by atoms with E-state index in [1.54, 1.807) is 0 Å². The van der Waals surface area contributed by atoms with Gasteiger partial charge in [0.25, 0.3) is 5.91 Å². The summed E-state index contributed by atoms with van der Waals surface area (Å²) in [6.07, 6.45) is 6.02. The zero-order valence-corrected chi connectivity index (χ0v) is 16.4. The van der Waals surface area contributed by atoms with Crippen molar-refractivity contribution in [1.82, 2.24) is 15.5 Å². The number of nitrogens with two attached hydrogens (primary N) is 1. The van der Waals surface area contributed by atoms with Crippen molar-refractivity contribution in [3.05, 3.63) is 40.5 Å². The van der Waals surface area contributed by atoms with E-state index in [1.165, 1.54) is 19.3 Å². The van der Waals surface area contributed by atoms with Crippen LogP contribution in [0.2, 0.25) is 0 Å². The average molecular weight is 428 g/mol. The van der Waals surface area contributed by atoms with Crippen molar-refractivity contribution in [2.75, 3.05) is 6.54 Å². The Bertz CT molecular complexity index is 686. The Morgan fingerprint density at radius 1 is 1.28 bits per heavy atom. The highest BCUT2D eigenvalue weighted by molar-refractivity contribution is 9.10. The van der Waals surface area contributed by atoms with Gasteiger partial charge in [0.1, 0.15) is 11.4 Å². The number of rotatable bonds is 5. The Labute approximate surface area is 162 Å². The van der Waals surface area contributed by atoms with Gasteiger partial charge in [-0.25, -0.2) is 0 Å². The fraction of sp³-hybridized carbons (Fsp3) is 0.444. The van der Waals surface area contributed by atoms with Crippen LogP contribution in [0.1, 0.15) is 42.6 Å². The Morgan fingerprint density at radius 2 is 1.96 bits per heavy atom. The van der Waals surface area contributed by atoms with Gasteiger partial charge in [0.15, 0.2) is 0 Å². The van der Waals surface area contributed by atoms with Crippen molar-refractivity contribution in [3.63, 3.8) is 0 Å². The largest absolute Gasteiger partial charge is 0.346 e. The number of carbonyl (C=O) groups excluding carboxylic acids is 1. The summed E-state index contributed by atoms with van der Waals surface area (Å²) in [6.45, 7) is 0.466. The van der Waals surface area contributed by atoms with Crippen LogP contribution in [-0.4, -0.2) is 28.7 Å². The Balaban J connectivity index is 0.00000225. The first-order valence-corrected chi connectivity index (χ1v) is 9.30. The third-order valence-electron chi connectivity index (χ3n) is 4.77. The normalized spacial score (nSPS) is 16.1. The van der Waals surface area contributed by atoms with Crippen molar-refractivity contribution in [3.8, 4) is 11.3 Å². The molecule has 7 heteroatoms. The van der Waals surface area contributed by atoms with Gasteiger partial charge < -0.3 is 11.1 Å². The molecule has 1 aliphatic carbocycles. The number of carbonyl (C=O) groups is 1. The van der Waals surface area contributed by atoms with Crippen molar-refractivity contribution in [1.29, 1.82) is 0 Å². The van der Waals surface area contributed by atoms with Crippen LogP contribution in [0.3, 0.4) is 0 Å². The number of amides is 1. The number of halogens is 2. The van der Waals surface area contributed by atoms with E-state index in [0.717, 1.165) is 24.1 Å². The summed E-state index contributed by atoms with van der Waals surface area (Å²) in [5.74, 6) is 0.320. The molecular formula is C18H24BrClN4O. The van der Waals surface area contributed by atoms with Gasteiger partial charge in [-0.15, -0.1) is 12.4 Å². The van der Waals surface area contributed by atoms with Crippen molar-refractivity contribution in [2.45, 2.75) is 38.1 Å². The monoisotopic (exact) mass is 426 g/mol. The van der Waals surface area contributed by atoms with Crippen LogP contribution in [0.5, 0.6) is 0 Å². The molecule has 3 rings (SSSR count). The molecule has 0 spiro atoms. The molecule has 0 bridgehead atoms. The van der Waals surface area contributed by atoms with Crippen LogP contribution >= 0.6 is 28.3 Å². The van der Waals surface area contributed by atoms with Gasteiger partial charge in [-0.1, -0.05) is 49.6 Å². The summed E-state index contributed by atoms with van der Waals surface area (Å²) in [5, 5.41) is 10.2. The second-order valence-corrected chi connectivity index (χ2v) is 7.13. The predicted molar refractivity (Wildman–Crippen MR) is 106 cm³/mol. The number of nitrogens with zero attached hydrogens (tertiary/aromatic N) is 1. The summed E-state index contributed by atoms with van der Waals surface area (Å²) >= 11 is 3.51. The van der Waals surface area contributed by atoms with Crippen LogP contribution in [0.25, 0.3) is 11.3 Å². The number of hydrogen-bond donors (Lipinski definition) is 3. The Morgan fingerprint density at radius 3 is 2.60 bits per heavy atom. The van der Waals surface area contributed by atoms with E-state index in [0.29, 0.717) is 22.6 Å². The van der Waals surface area contributed by atoms with Gasteiger partial charge in [0, 0.05) is 18.2 Å². The fourth-order valence-electron chi connectivity index (χ4n) is 3.41. The maximum absolute atomic E-state index is 12.7. The molecule has 1 atom stereocenters. The van der Waals surface area contributed by atoms with Crippen LogP contribution in [0.4, 0.5) is 0 Å². The van der Waals surface area contributed by atoms with Crippen molar-refractivity contribution in [2.24, 2.45) is 11.7 Å². The minimum atomic E-state index is -0.155. The van der Waals surface area contributed by atoms with E-state index in [2.05, 4.69) is 31.4 Å². The number of hydrogen-bond acceptors (Lipinski definition) is 3. The molecule has 2 aromatic rings. The molecule has 1 aromatic heterocycles. The van der Waals surface area contributed by atoms with Crippen molar-refractivity contribution >= 4 is 34.2 Å². The molecule has 136 valence electrons. The SMILES string of the molecule is Cl.NCC(NC(=O)c1[nH]nc(-c2ccccc2)c1Br)C1CCCCC1. The van der Waals surface area contributed by atoms with Gasteiger partial charge in [-0.2, -0.15) is 5.10 Å². The molecule has 1 fully saturated rings. The van der Waals surface area contributed by atoms with Crippen molar-refractivity contribution < 1.29 is 4.79 Å². The van der Waals surface area contributed by atoms with E-state index in [-0.39, 0.29) is 24.4 Å². The van der Waals surface area contributed by atoms with Gasteiger partial charge in [0.05, 0.1) is 4.47 Å². The summed E-state index contributed by atoms with van der Waals surface area (Å²) in [7, 11) is 0. The smallest absolute Gasteiger partial charge is 0.270 e.